The highest BCUT2D eigenvalue weighted by Gasteiger charge is 2.36. The summed E-state index contributed by atoms with van der Waals surface area (Å²) in [6, 6.07) is 5.10. The second kappa shape index (κ2) is 9.07. The van der Waals surface area contributed by atoms with Gasteiger partial charge in [-0.25, -0.2) is 0 Å². The van der Waals surface area contributed by atoms with Gasteiger partial charge in [0.2, 0.25) is 5.91 Å². The summed E-state index contributed by atoms with van der Waals surface area (Å²) in [7, 11) is 0. The number of hydrogen-bond acceptors (Lipinski definition) is 3. The Kier molecular flexibility index (Phi) is 7.93. The van der Waals surface area contributed by atoms with Gasteiger partial charge in [0.1, 0.15) is 0 Å². The van der Waals surface area contributed by atoms with Crippen molar-refractivity contribution >= 4 is 41.5 Å². The lowest BCUT2D eigenvalue weighted by Crippen LogP contribution is -2.54. The molecule has 1 aliphatic heterocycles. The molecule has 7 heteroatoms. The Labute approximate surface area is 167 Å². The molecule has 0 aliphatic carbocycles. The van der Waals surface area contributed by atoms with Crippen molar-refractivity contribution in [1.82, 2.24) is 4.90 Å². The van der Waals surface area contributed by atoms with Crippen LogP contribution in [0, 0.1) is 11.3 Å². The first-order valence-electron chi connectivity index (χ1n) is 8.74. The molecule has 1 atom stereocenters. The first kappa shape index (κ1) is 22.7. The molecule has 1 aromatic carbocycles. The zero-order chi connectivity index (χ0) is 18.8. The second-order valence-corrected chi connectivity index (χ2v) is 8.36. The van der Waals surface area contributed by atoms with E-state index in [1.807, 2.05) is 13.8 Å². The van der Waals surface area contributed by atoms with E-state index in [4.69, 9.17) is 17.3 Å². The lowest BCUT2D eigenvalue weighted by Gasteiger charge is -2.42. The molecule has 1 saturated heterocycles. The molecule has 1 aromatic rings. The predicted octanol–water partition coefficient (Wildman–Crippen LogP) is 3.95. The number of anilines is 1. The Morgan fingerprint density at radius 3 is 2.62 bits per heavy atom. The van der Waals surface area contributed by atoms with Crippen LogP contribution in [0.2, 0.25) is 5.02 Å². The van der Waals surface area contributed by atoms with Crippen LogP contribution >= 0.6 is 24.0 Å². The number of likely N-dealkylation sites (tertiary alicyclic amines) is 1. The molecule has 1 fully saturated rings. The average Bonchev–Trinajstić information content (AvgIpc) is 2.50. The normalized spacial score (nSPS) is 19.0. The van der Waals surface area contributed by atoms with Gasteiger partial charge in [0.15, 0.2) is 0 Å². The molecule has 1 heterocycles. The minimum absolute atomic E-state index is 0. The fourth-order valence-corrected chi connectivity index (χ4v) is 3.27. The first-order valence-corrected chi connectivity index (χ1v) is 9.12. The number of benzene rings is 1. The summed E-state index contributed by atoms with van der Waals surface area (Å²) in [6.45, 7) is 9.32. The number of piperidine rings is 1. The minimum Gasteiger partial charge on any atom is -0.338 e. The van der Waals surface area contributed by atoms with E-state index in [0.717, 1.165) is 6.42 Å². The van der Waals surface area contributed by atoms with Gasteiger partial charge < -0.3 is 16.0 Å². The fourth-order valence-electron chi connectivity index (χ4n) is 3.07. The molecule has 1 unspecified atom stereocenters. The maximum absolute atomic E-state index is 12.9. The maximum Gasteiger partial charge on any atom is 0.255 e. The first-order chi connectivity index (χ1) is 11.6. The van der Waals surface area contributed by atoms with Crippen LogP contribution in [-0.2, 0) is 4.79 Å². The molecular formula is C19H29Cl2N3O2. The predicted molar refractivity (Wildman–Crippen MR) is 109 cm³/mol. The van der Waals surface area contributed by atoms with Gasteiger partial charge in [0, 0.05) is 31.2 Å². The number of amides is 2. The molecule has 0 radical (unpaired) electrons. The molecule has 26 heavy (non-hydrogen) atoms. The quantitative estimate of drug-likeness (QED) is 0.801. The Balaban J connectivity index is 0.00000338. The number of rotatable bonds is 4. The van der Waals surface area contributed by atoms with Crippen LogP contribution in [0.1, 0.15) is 50.9 Å². The van der Waals surface area contributed by atoms with E-state index in [-0.39, 0.29) is 41.6 Å². The second-order valence-electron chi connectivity index (χ2n) is 7.95. The van der Waals surface area contributed by atoms with E-state index in [1.165, 1.54) is 0 Å². The van der Waals surface area contributed by atoms with Crippen molar-refractivity contribution in [3.8, 4) is 0 Å². The summed E-state index contributed by atoms with van der Waals surface area (Å²) < 4.78 is 0. The Morgan fingerprint density at radius 1 is 1.38 bits per heavy atom. The summed E-state index contributed by atoms with van der Waals surface area (Å²) in [4.78, 5) is 26.7. The van der Waals surface area contributed by atoms with Crippen molar-refractivity contribution in [2.75, 3.05) is 18.4 Å². The number of nitrogens with zero attached hydrogens (tertiary/aromatic N) is 1. The van der Waals surface area contributed by atoms with Crippen molar-refractivity contribution in [3.05, 3.63) is 28.8 Å². The average molecular weight is 402 g/mol. The van der Waals surface area contributed by atoms with Gasteiger partial charge in [-0.15, -0.1) is 12.4 Å². The van der Waals surface area contributed by atoms with Crippen molar-refractivity contribution in [1.29, 1.82) is 0 Å². The van der Waals surface area contributed by atoms with Gasteiger partial charge in [-0.05, 0) is 36.0 Å². The smallest absolute Gasteiger partial charge is 0.255 e. The van der Waals surface area contributed by atoms with Crippen LogP contribution < -0.4 is 11.1 Å². The Bertz CT molecular complexity index is 662. The molecule has 146 valence electrons. The highest BCUT2D eigenvalue weighted by Crippen LogP contribution is 2.30. The van der Waals surface area contributed by atoms with Crippen molar-refractivity contribution < 1.29 is 9.59 Å². The minimum atomic E-state index is -0.135. The van der Waals surface area contributed by atoms with E-state index >= 15 is 0 Å². The summed E-state index contributed by atoms with van der Waals surface area (Å²) in [5.41, 5.74) is 7.02. The van der Waals surface area contributed by atoms with E-state index in [0.29, 0.717) is 35.8 Å². The number of carbonyl (C=O) groups is 2. The van der Waals surface area contributed by atoms with Crippen LogP contribution in [0.15, 0.2) is 18.2 Å². The van der Waals surface area contributed by atoms with E-state index in [1.54, 1.807) is 23.1 Å². The van der Waals surface area contributed by atoms with E-state index < -0.39 is 0 Å². The lowest BCUT2D eigenvalue weighted by molar-refractivity contribution is -0.116. The van der Waals surface area contributed by atoms with Crippen LogP contribution in [-0.4, -0.2) is 35.8 Å². The standard InChI is InChI=1S/C19H28ClN3O2.ClH/c1-12(2)9-17(24)22-13-5-6-15(20)14(10-13)18(25)23-8-7-16(21)19(3,4)11-23;/h5-6,10,12,16H,7-9,11,21H2,1-4H3,(H,22,24);1H. The largest absolute Gasteiger partial charge is 0.338 e. The summed E-state index contributed by atoms with van der Waals surface area (Å²) >= 11 is 6.25. The highest BCUT2D eigenvalue weighted by atomic mass is 35.5. The molecular weight excluding hydrogens is 373 g/mol. The number of carbonyl (C=O) groups excluding carboxylic acids is 2. The van der Waals surface area contributed by atoms with Crippen molar-refractivity contribution in [2.24, 2.45) is 17.1 Å². The number of hydrogen-bond donors (Lipinski definition) is 2. The monoisotopic (exact) mass is 401 g/mol. The topological polar surface area (TPSA) is 75.4 Å². The van der Waals surface area contributed by atoms with Crippen LogP contribution in [0.5, 0.6) is 0 Å². The zero-order valence-corrected chi connectivity index (χ0v) is 17.4. The molecule has 2 rings (SSSR count). The summed E-state index contributed by atoms with van der Waals surface area (Å²) in [6.07, 6.45) is 1.20. The number of nitrogens with one attached hydrogen (secondary N) is 1. The zero-order valence-electron chi connectivity index (χ0n) is 15.8. The molecule has 0 aromatic heterocycles. The molecule has 2 amide bonds. The third-order valence-corrected chi connectivity index (χ3v) is 5.00. The summed E-state index contributed by atoms with van der Waals surface area (Å²) in [5.74, 6) is 0.0823. The maximum atomic E-state index is 12.9. The van der Waals surface area contributed by atoms with Gasteiger partial charge in [-0.1, -0.05) is 39.3 Å². The highest BCUT2D eigenvalue weighted by molar-refractivity contribution is 6.34. The molecule has 3 N–H and O–H groups in total. The number of halogens is 2. The fraction of sp³-hybridized carbons (Fsp3) is 0.579. The molecule has 0 spiro atoms. The van der Waals surface area contributed by atoms with E-state index in [2.05, 4.69) is 19.2 Å². The van der Waals surface area contributed by atoms with Crippen molar-refractivity contribution in [2.45, 2.75) is 46.6 Å². The van der Waals surface area contributed by atoms with Crippen molar-refractivity contribution in [3.63, 3.8) is 0 Å². The van der Waals surface area contributed by atoms with Crippen LogP contribution in [0.4, 0.5) is 5.69 Å². The molecule has 0 saturated carbocycles. The Morgan fingerprint density at radius 2 is 2.04 bits per heavy atom. The number of nitrogens with two attached hydrogens (primary N) is 1. The molecule has 5 nitrogen and oxygen atoms in total. The van der Waals surface area contributed by atoms with Gasteiger partial charge in [-0.3, -0.25) is 9.59 Å². The van der Waals surface area contributed by atoms with Gasteiger partial charge in [-0.2, -0.15) is 0 Å². The summed E-state index contributed by atoms with van der Waals surface area (Å²) in [5, 5.41) is 3.22. The van der Waals surface area contributed by atoms with Gasteiger partial charge in [0.05, 0.1) is 10.6 Å². The third-order valence-electron chi connectivity index (χ3n) is 4.67. The SMILES string of the molecule is CC(C)CC(=O)Nc1ccc(Cl)c(C(=O)N2CCC(N)C(C)(C)C2)c1.Cl. The molecule has 1 aliphatic rings. The molecule has 0 bridgehead atoms. The van der Waals surface area contributed by atoms with E-state index in [9.17, 15) is 9.59 Å². The lowest BCUT2D eigenvalue weighted by atomic mass is 9.79. The van der Waals surface area contributed by atoms with Gasteiger partial charge in [0.25, 0.3) is 5.91 Å². The Hall–Kier alpha value is -1.30. The van der Waals surface area contributed by atoms with Crippen LogP contribution in [0.25, 0.3) is 0 Å². The van der Waals surface area contributed by atoms with Gasteiger partial charge >= 0.3 is 0 Å². The van der Waals surface area contributed by atoms with Crippen LogP contribution in [0.3, 0.4) is 0 Å². The third kappa shape index (κ3) is 5.60.